The van der Waals surface area contributed by atoms with Gasteiger partial charge in [0.25, 0.3) is 0 Å². The van der Waals surface area contributed by atoms with Crippen LogP contribution in [-0.4, -0.2) is 6.54 Å². The lowest BCUT2D eigenvalue weighted by Gasteiger charge is -2.13. The van der Waals surface area contributed by atoms with Gasteiger partial charge in [0.1, 0.15) is 0 Å². The van der Waals surface area contributed by atoms with Crippen LogP contribution < -0.4 is 5.32 Å². The van der Waals surface area contributed by atoms with Gasteiger partial charge in [-0.2, -0.15) is 0 Å². The van der Waals surface area contributed by atoms with Gasteiger partial charge in [-0.1, -0.05) is 48.5 Å². The topological polar surface area (TPSA) is 12.0 Å². The quantitative estimate of drug-likeness (QED) is 0.695. The minimum absolute atomic E-state index is 0.820. The minimum Gasteiger partial charge on any atom is -0.313 e. The molecule has 0 saturated carbocycles. The van der Waals surface area contributed by atoms with Gasteiger partial charge in [-0.15, -0.1) is 0 Å². The van der Waals surface area contributed by atoms with Crippen LogP contribution in [0.25, 0.3) is 0 Å². The molecule has 0 saturated heterocycles. The van der Waals surface area contributed by atoms with E-state index in [2.05, 4.69) is 50.4 Å². The number of aryl methyl sites for hydroxylation is 2. The summed E-state index contributed by atoms with van der Waals surface area (Å²) >= 11 is 8.20. The van der Waals surface area contributed by atoms with Crippen LogP contribution in [0.5, 0.6) is 0 Å². The smallest absolute Gasteiger partial charge is 0.0462 e. The van der Waals surface area contributed by atoms with Crippen molar-refractivity contribution >= 4 is 23.4 Å². The first-order valence-corrected chi connectivity index (χ1v) is 8.54. The lowest BCUT2D eigenvalue weighted by atomic mass is 10.2. The summed E-state index contributed by atoms with van der Waals surface area (Å²) in [4.78, 5) is 2.54. The SMILES string of the molecule is CCCNCc1c(Cl)cccc1Sc1cc(C)ccc1C. The zero-order valence-electron chi connectivity index (χ0n) is 12.9. The molecule has 0 unspecified atom stereocenters. The first-order chi connectivity index (χ1) is 10.1. The molecule has 3 heteroatoms. The number of rotatable bonds is 6. The molecular formula is C18H22ClNS. The van der Waals surface area contributed by atoms with Gasteiger partial charge in [0.05, 0.1) is 0 Å². The lowest BCUT2D eigenvalue weighted by molar-refractivity contribution is 0.669. The molecule has 2 aromatic carbocycles. The van der Waals surface area contributed by atoms with E-state index in [0.717, 1.165) is 24.5 Å². The highest BCUT2D eigenvalue weighted by Crippen LogP contribution is 2.35. The van der Waals surface area contributed by atoms with Crippen molar-refractivity contribution in [3.63, 3.8) is 0 Å². The van der Waals surface area contributed by atoms with E-state index in [9.17, 15) is 0 Å². The highest BCUT2D eigenvalue weighted by atomic mass is 35.5. The zero-order chi connectivity index (χ0) is 15.2. The molecule has 0 aromatic heterocycles. The van der Waals surface area contributed by atoms with Crippen LogP contribution in [0.1, 0.15) is 30.0 Å². The van der Waals surface area contributed by atoms with Crippen LogP contribution in [0.4, 0.5) is 0 Å². The summed E-state index contributed by atoms with van der Waals surface area (Å²) in [7, 11) is 0. The molecule has 0 aliphatic carbocycles. The summed E-state index contributed by atoms with van der Waals surface area (Å²) in [6.45, 7) is 8.29. The van der Waals surface area contributed by atoms with E-state index >= 15 is 0 Å². The van der Waals surface area contributed by atoms with Crippen LogP contribution in [0.15, 0.2) is 46.2 Å². The van der Waals surface area contributed by atoms with E-state index in [1.54, 1.807) is 11.8 Å². The van der Waals surface area contributed by atoms with Crippen LogP contribution >= 0.6 is 23.4 Å². The van der Waals surface area contributed by atoms with Crippen molar-refractivity contribution < 1.29 is 0 Å². The lowest BCUT2D eigenvalue weighted by Crippen LogP contribution is -2.14. The molecule has 0 aliphatic heterocycles. The van der Waals surface area contributed by atoms with Crippen LogP contribution in [-0.2, 0) is 6.54 Å². The molecule has 0 amide bonds. The van der Waals surface area contributed by atoms with Gasteiger partial charge in [0, 0.05) is 21.4 Å². The minimum atomic E-state index is 0.820. The normalized spacial score (nSPS) is 10.9. The number of hydrogen-bond acceptors (Lipinski definition) is 2. The van der Waals surface area contributed by atoms with Gasteiger partial charge in [-0.25, -0.2) is 0 Å². The molecule has 0 radical (unpaired) electrons. The molecule has 1 N–H and O–H groups in total. The molecule has 0 fully saturated rings. The van der Waals surface area contributed by atoms with Crippen LogP contribution in [0.3, 0.4) is 0 Å². The average Bonchev–Trinajstić information content (AvgIpc) is 2.46. The second kappa shape index (κ2) is 7.88. The Kier molecular flexibility index (Phi) is 6.16. The standard InChI is InChI=1S/C18H22ClNS/c1-4-10-20-12-15-16(19)6-5-7-17(15)21-18-11-13(2)8-9-14(18)3/h5-9,11,20H,4,10,12H2,1-3H3. The predicted molar refractivity (Wildman–Crippen MR) is 93.5 cm³/mol. The third-order valence-corrected chi connectivity index (χ3v) is 4.98. The molecule has 2 rings (SSSR count). The average molecular weight is 320 g/mol. The van der Waals surface area contributed by atoms with E-state index in [4.69, 9.17) is 11.6 Å². The molecule has 21 heavy (non-hydrogen) atoms. The van der Waals surface area contributed by atoms with Gasteiger partial charge >= 0.3 is 0 Å². The second-order valence-electron chi connectivity index (χ2n) is 5.26. The Morgan fingerprint density at radius 3 is 2.67 bits per heavy atom. The summed E-state index contributed by atoms with van der Waals surface area (Å²) < 4.78 is 0. The van der Waals surface area contributed by atoms with Crippen molar-refractivity contribution in [1.29, 1.82) is 0 Å². The molecule has 2 aromatic rings. The Balaban J connectivity index is 2.26. The maximum absolute atomic E-state index is 6.39. The first-order valence-electron chi connectivity index (χ1n) is 7.35. The molecular weight excluding hydrogens is 298 g/mol. The highest BCUT2D eigenvalue weighted by Gasteiger charge is 2.09. The van der Waals surface area contributed by atoms with Gasteiger partial charge in [-0.05, 0) is 61.7 Å². The number of hydrogen-bond donors (Lipinski definition) is 1. The highest BCUT2D eigenvalue weighted by molar-refractivity contribution is 7.99. The Labute approximate surface area is 137 Å². The van der Waals surface area contributed by atoms with Crippen LogP contribution in [0.2, 0.25) is 5.02 Å². The van der Waals surface area contributed by atoms with Gasteiger partial charge in [0.15, 0.2) is 0 Å². The van der Waals surface area contributed by atoms with E-state index < -0.39 is 0 Å². The van der Waals surface area contributed by atoms with Gasteiger partial charge in [0.2, 0.25) is 0 Å². The van der Waals surface area contributed by atoms with E-state index in [-0.39, 0.29) is 0 Å². The number of nitrogens with one attached hydrogen (secondary N) is 1. The Morgan fingerprint density at radius 2 is 1.90 bits per heavy atom. The molecule has 0 spiro atoms. The molecule has 0 bridgehead atoms. The summed E-state index contributed by atoms with van der Waals surface area (Å²) in [5, 5.41) is 4.29. The Morgan fingerprint density at radius 1 is 1.10 bits per heavy atom. The summed E-state index contributed by atoms with van der Waals surface area (Å²) in [5.41, 5.74) is 3.78. The fraction of sp³-hybridized carbons (Fsp3) is 0.333. The van der Waals surface area contributed by atoms with E-state index in [1.807, 2.05) is 12.1 Å². The van der Waals surface area contributed by atoms with Crippen molar-refractivity contribution in [3.8, 4) is 0 Å². The molecule has 0 aliphatic rings. The van der Waals surface area contributed by atoms with Crippen molar-refractivity contribution in [2.45, 2.75) is 43.5 Å². The van der Waals surface area contributed by atoms with Crippen molar-refractivity contribution in [1.82, 2.24) is 5.32 Å². The summed E-state index contributed by atoms with van der Waals surface area (Å²) in [6.07, 6.45) is 1.13. The van der Waals surface area contributed by atoms with Crippen molar-refractivity contribution in [3.05, 3.63) is 58.1 Å². The number of benzene rings is 2. The van der Waals surface area contributed by atoms with E-state index in [1.165, 1.54) is 26.5 Å². The summed E-state index contributed by atoms with van der Waals surface area (Å²) in [6, 6.07) is 12.7. The molecule has 0 atom stereocenters. The monoisotopic (exact) mass is 319 g/mol. The maximum atomic E-state index is 6.39. The fourth-order valence-electron chi connectivity index (χ4n) is 2.13. The first kappa shape index (κ1) is 16.4. The molecule has 0 heterocycles. The fourth-order valence-corrected chi connectivity index (χ4v) is 3.59. The maximum Gasteiger partial charge on any atom is 0.0462 e. The van der Waals surface area contributed by atoms with Gasteiger partial charge in [-0.3, -0.25) is 0 Å². The summed E-state index contributed by atoms with van der Waals surface area (Å²) in [5.74, 6) is 0. The second-order valence-corrected chi connectivity index (χ2v) is 6.76. The predicted octanol–water partition coefficient (Wildman–Crippen LogP) is 5.61. The number of halogens is 1. The Bertz CT molecular complexity index is 610. The van der Waals surface area contributed by atoms with Crippen molar-refractivity contribution in [2.75, 3.05) is 6.54 Å². The third-order valence-electron chi connectivity index (χ3n) is 3.37. The zero-order valence-corrected chi connectivity index (χ0v) is 14.4. The largest absolute Gasteiger partial charge is 0.313 e. The van der Waals surface area contributed by atoms with E-state index in [0.29, 0.717) is 0 Å². The van der Waals surface area contributed by atoms with Crippen LogP contribution in [0, 0.1) is 13.8 Å². The van der Waals surface area contributed by atoms with Gasteiger partial charge < -0.3 is 5.32 Å². The molecule has 112 valence electrons. The Hall–Kier alpha value is -0.960. The molecule has 1 nitrogen and oxygen atoms in total. The van der Waals surface area contributed by atoms with Crippen molar-refractivity contribution in [2.24, 2.45) is 0 Å². The third kappa shape index (κ3) is 4.50.